The van der Waals surface area contributed by atoms with Crippen LogP contribution in [0.1, 0.15) is 39.0 Å². The number of ether oxygens (including phenoxy) is 4. The van der Waals surface area contributed by atoms with Crippen LogP contribution in [0, 0.1) is 6.92 Å². The number of likely N-dealkylation sites (N-methyl/N-ethyl adjacent to an activating group) is 1. The number of methoxy groups -OCH3 is 4. The summed E-state index contributed by atoms with van der Waals surface area (Å²) in [5.74, 6) is 0.828. The van der Waals surface area contributed by atoms with E-state index in [1.54, 1.807) is 38.3 Å². The Kier molecular flexibility index (Phi) is 7.05. The van der Waals surface area contributed by atoms with Crippen LogP contribution in [0.2, 0.25) is 0 Å². The molecule has 0 aliphatic carbocycles. The molecular weight excluding hydrogens is 460 g/mol. The largest absolute Gasteiger partial charge is 0.497 e. The van der Waals surface area contributed by atoms with Crippen LogP contribution in [-0.2, 0) is 4.79 Å². The van der Waals surface area contributed by atoms with Crippen molar-refractivity contribution in [2.45, 2.75) is 18.9 Å². The van der Waals surface area contributed by atoms with Gasteiger partial charge in [0.05, 0.1) is 46.1 Å². The summed E-state index contributed by atoms with van der Waals surface area (Å²) in [5, 5.41) is 3.04. The Labute approximate surface area is 210 Å². The van der Waals surface area contributed by atoms with E-state index in [9.17, 15) is 9.59 Å². The van der Waals surface area contributed by atoms with Crippen LogP contribution < -0.4 is 24.3 Å². The van der Waals surface area contributed by atoms with Gasteiger partial charge in [-0.25, -0.2) is 0 Å². The van der Waals surface area contributed by atoms with E-state index in [0.717, 1.165) is 11.1 Å². The summed E-state index contributed by atoms with van der Waals surface area (Å²) < 4.78 is 21.7. The number of anilines is 1. The molecule has 0 fully saturated rings. The number of aryl methyl sites for hydroxylation is 1. The Hall–Kier alpha value is -4.20. The molecule has 4 rings (SSSR count). The monoisotopic (exact) mass is 490 g/mol. The number of carbonyl (C=O) groups is 2. The highest BCUT2D eigenvalue weighted by Gasteiger charge is 2.43. The van der Waals surface area contributed by atoms with Crippen LogP contribution in [0.15, 0.2) is 54.6 Å². The van der Waals surface area contributed by atoms with Gasteiger partial charge in [-0.2, -0.15) is 0 Å². The van der Waals surface area contributed by atoms with Crippen LogP contribution in [0.25, 0.3) is 0 Å². The van der Waals surface area contributed by atoms with Gasteiger partial charge in [-0.15, -0.1) is 0 Å². The maximum absolute atomic E-state index is 14.0. The van der Waals surface area contributed by atoms with Gasteiger partial charge < -0.3 is 29.2 Å². The molecule has 3 aromatic carbocycles. The first-order valence-corrected chi connectivity index (χ1v) is 11.5. The lowest BCUT2D eigenvalue weighted by Crippen LogP contribution is -2.44. The molecule has 3 aromatic rings. The van der Waals surface area contributed by atoms with Gasteiger partial charge in [-0.3, -0.25) is 9.59 Å². The molecular formula is C28H30N2O6. The van der Waals surface area contributed by atoms with Gasteiger partial charge in [0, 0.05) is 12.6 Å². The minimum atomic E-state index is -0.749. The first kappa shape index (κ1) is 24.9. The van der Waals surface area contributed by atoms with Gasteiger partial charge in [0.1, 0.15) is 11.5 Å². The lowest BCUT2D eigenvalue weighted by atomic mass is 9.79. The predicted molar refractivity (Wildman–Crippen MR) is 136 cm³/mol. The second-order valence-electron chi connectivity index (χ2n) is 8.60. The molecule has 2 amide bonds. The quantitative estimate of drug-likeness (QED) is 0.522. The third-order valence-electron chi connectivity index (χ3n) is 6.53. The molecule has 1 N–H and O–H groups in total. The molecule has 188 valence electrons. The van der Waals surface area contributed by atoms with E-state index in [-0.39, 0.29) is 11.8 Å². The van der Waals surface area contributed by atoms with Crippen LogP contribution >= 0.6 is 0 Å². The van der Waals surface area contributed by atoms with Gasteiger partial charge >= 0.3 is 0 Å². The Balaban J connectivity index is 1.89. The van der Waals surface area contributed by atoms with Crippen LogP contribution in [0.5, 0.6) is 23.0 Å². The smallest absolute Gasteiger partial charge is 0.254 e. The standard InChI is InChI=1S/C28H30N2O6/c1-16-7-12-22(34-4)21(13-16)29-27(31)25-19-14-23(35-5)24(36-6)15-20(19)28(32)30(2)26(25)17-8-10-18(33-3)11-9-17/h7-15,25-26H,1-6H3,(H,29,31)/t25-,26-/m0/s1. The van der Waals surface area contributed by atoms with Gasteiger partial charge in [0.2, 0.25) is 5.91 Å². The SMILES string of the molecule is COc1ccc([C@H]2[C@@H](C(=O)Nc3cc(C)ccc3OC)c3cc(OC)c(OC)cc3C(=O)N2C)cc1. The number of rotatable bonds is 7. The molecule has 0 spiro atoms. The maximum Gasteiger partial charge on any atom is 0.254 e. The lowest BCUT2D eigenvalue weighted by Gasteiger charge is -2.40. The molecule has 0 unspecified atom stereocenters. The van der Waals surface area contributed by atoms with Crippen molar-refractivity contribution in [1.29, 1.82) is 0 Å². The first-order valence-electron chi connectivity index (χ1n) is 11.5. The zero-order valence-corrected chi connectivity index (χ0v) is 21.2. The number of benzene rings is 3. The fraction of sp³-hybridized carbons (Fsp3) is 0.286. The van der Waals surface area contributed by atoms with Gasteiger partial charge in [-0.1, -0.05) is 18.2 Å². The highest BCUT2D eigenvalue weighted by Crippen LogP contribution is 2.46. The second-order valence-corrected chi connectivity index (χ2v) is 8.60. The van der Waals surface area contributed by atoms with Crippen molar-refractivity contribution in [2.75, 3.05) is 40.8 Å². The van der Waals surface area contributed by atoms with Crippen LogP contribution in [0.4, 0.5) is 5.69 Å². The second kappa shape index (κ2) is 10.2. The van der Waals surface area contributed by atoms with Crippen molar-refractivity contribution < 1.29 is 28.5 Å². The molecule has 0 radical (unpaired) electrons. The fourth-order valence-corrected chi connectivity index (χ4v) is 4.68. The fourth-order valence-electron chi connectivity index (χ4n) is 4.68. The van der Waals surface area contributed by atoms with Crippen molar-refractivity contribution >= 4 is 17.5 Å². The van der Waals surface area contributed by atoms with Gasteiger partial charge in [0.25, 0.3) is 5.91 Å². The average Bonchev–Trinajstić information content (AvgIpc) is 2.90. The van der Waals surface area contributed by atoms with Crippen molar-refractivity contribution in [2.24, 2.45) is 0 Å². The Morgan fingerprint density at radius 2 is 1.47 bits per heavy atom. The van der Waals surface area contributed by atoms with Crippen molar-refractivity contribution in [3.63, 3.8) is 0 Å². The summed E-state index contributed by atoms with van der Waals surface area (Å²) in [6, 6.07) is 15.7. The minimum Gasteiger partial charge on any atom is -0.497 e. The van der Waals surface area contributed by atoms with Gasteiger partial charge in [0.15, 0.2) is 11.5 Å². The highest BCUT2D eigenvalue weighted by atomic mass is 16.5. The number of fused-ring (bicyclic) bond motifs is 1. The number of carbonyl (C=O) groups excluding carboxylic acids is 2. The zero-order chi connectivity index (χ0) is 26.0. The molecule has 1 aliphatic rings. The van der Waals surface area contributed by atoms with Gasteiger partial charge in [-0.05, 0) is 60.0 Å². The van der Waals surface area contributed by atoms with Crippen molar-refractivity contribution in [1.82, 2.24) is 4.90 Å². The Morgan fingerprint density at radius 1 is 0.833 bits per heavy atom. The number of nitrogens with zero attached hydrogens (tertiary/aromatic N) is 1. The zero-order valence-electron chi connectivity index (χ0n) is 21.2. The van der Waals surface area contributed by atoms with E-state index < -0.39 is 12.0 Å². The summed E-state index contributed by atoms with van der Waals surface area (Å²) in [4.78, 5) is 29.1. The normalized spacial score (nSPS) is 16.7. The summed E-state index contributed by atoms with van der Waals surface area (Å²) >= 11 is 0. The van der Waals surface area contributed by atoms with E-state index in [4.69, 9.17) is 18.9 Å². The third kappa shape index (κ3) is 4.42. The molecule has 1 heterocycles. The molecule has 0 aromatic heterocycles. The number of hydrogen-bond donors (Lipinski definition) is 1. The summed E-state index contributed by atoms with van der Waals surface area (Å²) in [6.45, 7) is 1.94. The highest BCUT2D eigenvalue weighted by molar-refractivity contribution is 6.05. The predicted octanol–water partition coefficient (Wildman–Crippen LogP) is 4.58. The molecule has 1 aliphatic heterocycles. The molecule has 36 heavy (non-hydrogen) atoms. The average molecular weight is 491 g/mol. The number of nitrogens with one attached hydrogen (secondary N) is 1. The summed E-state index contributed by atoms with van der Waals surface area (Å²) in [7, 11) is 7.88. The Morgan fingerprint density at radius 3 is 2.08 bits per heavy atom. The summed E-state index contributed by atoms with van der Waals surface area (Å²) in [5.41, 5.74) is 3.26. The lowest BCUT2D eigenvalue weighted by molar-refractivity contribution is -0.119. The summed E-state index contributed by atoms with van der Waals surface area (Å²) in [6.07, 6.45) is 0. The molecule has 8 nitrogen and oxygen atoms in total. The molecule has 2 atom stereocenters. The van der Waals surface area contributed by atoms with Crippen LogP contribution in [-0.4, -0.2) is 52.2 Å². The van der Waals surface area contributed by atoms with E-state index in [2.05, 4.69) is 5.32 Å². The minimum absolute atomic E-state index is 0.219. The molecule has 0 saturated carbocycles. The topological polar surface area (TPSA) is 86.3 Å². The molecule has 0 bridgehead atoms. The number of amides is 2. The Bertz CT molecular complexity index is 1290. The van der Waals surface area contributed by atoms with E-state index >= 15 is 0 Å². The maximum atomic E-state index is 14.0. The van der Waals surface area contributed by atoms with E-state index in [1.807, 2.05) is 49.4 Å². The molecule has 8 heteroatoms. The number of hydrogen-bond acceptors (Lipinski definition) is 6. The van der Waals surface area contributed by atoms with Crippen molar-refractivity contribution in [3.05, 3.63) is 76.9 Å². The van der Waals surface area contributed by atoms with E-state index in [0.29, 0.717) is 39.8 Å². The van der Waals surface area contributed by atoms with Crippen molar-refractivity contribution in [3.8, 4) is 23.0 Å². The third-order valence-corrected chi connectivity index (χ3v) is 6.53. The van der Waals surface area contributed by atoms with E-state index in [1.165, 1.54) is 14.2 Å². The molecule has 0 saturated heterocycles. The first-order chi connectivity index (χ1) is 17.3. The van der Waals surface area contributed by atoms with Crippen LogP contribution in [0.3, 0.4) is 0 Å².